The Hall–Kier alpha value is -2.59. The van der Waals surface area contributed by atoms with Crippen molar-refractivity contribution >= 4 is 15.7 Å². The van der Waals surface area contributed by atoms with Gasteiger partial charge in [-0.2, -0.15) is 5.26 Å². The number of benzene rings is 1. The van der Waals surface area contributed by atoms with Crippen LogP contribution in [0.3, 0.4) is 0 Å². The van der Waals surface area contributed by atoms with Crippen molar-refractivity contribution in [1.82, 2.24) is 4.98 Å². The van der Waals surface area contributed by atoms with Crippen LogP contribution >= 0.6 is 0 Å². The Morgan fingerprint density at radius 2 is 2.00 bits per heavy atom. The summed E-state index contributed by atoms with van der Waals surface area (Å²) in [6.45, 7) is 2.40. The third kappa shape index (κ3) is 3.49. The number of nitrogens with one attached hydrogen (secondary N) is 1. The molecule has 0 atom stereocenters. The summed E-state index contributed by atoms with van der Waals surface area (Å²) in [5.41, 5.74) is 0.238. The fourth-order valence-corrected chi connectivity index (χ4v) is 2.85. The fourth-order valence-electron chi connectivity index (χ4n) is 1.69. The first-order valence-electron chi connectivity index (χ1n) is 6.17. The second-order valence-electron chi connectivity index (χ2n) is 4.02. The number of nitriles is 1. The van der Waals surface area contributed by atoms with Gasteiger partial charge in [-0.3, -0.25) is 4.72 Å². The van der Waals surface area contributed by atoms with Crippen LogP contribution in [0.5, 0.6) is 5.75 Å². The lowest BCUT2D eigenvalue weighted by Gasteiger charge is -2.09. The van der Waals surface area contributed by atoms with E-state index in [0.717, 1.165) is 0 Å². The molecule has 0 aliphatic heterocycles. The molecule has 0 radical (unpaired) electrons. The van der Waals surface area contributed by atoms with E-state index < -0.39 is 10.0 Å². The molecule has 0 fully saturated rings. The molecular weight excluding hydrogens is 290 g/mol. The van der Waals surface area contributed by atoms with Crippen molar-refractivity contribution in [2.45, 2.75) is 11.8 Å². The molecule has 21 heavy (non-hydrogen) atoms. The van der Waals surface area contributed by atoms with Gasteiger partial charge in [-0.15, -0.1) is 0 Å². The van der Waals surface area contributed by atoms with E-state index in [1.807, 2.05) is 6.92 Å². The maximum atomic E-state index is 12.3. The van der Waals surface area contributed by atoms with Gasteiger partial charge < -0.3 is 4.74 Å². The highest BCUT2D eigenvalue weighted by atomic mass is 32.2. The number of anilines is 1. The maximum absolute atomic E-state index is 12.3. The number of sulfonamides is 1. The van der Waals surface area contributed by atoms with Gasteiger partial charge >= 0.3 is 0 Å². The second kappa shape index (κ2) is 6.24. The van der Waals surface area contributed by atoms with Gasteiger partial charge in [-0.25, -0.2) is 13.4 Å². The van der Waals surface area contributed by atoms with Crippen LogP contribution in [0.1, 0.15) is 12.6 Å². The number of nitrogens with zero attached hydrogens (tertiary/aromatic N) is 2. The first-order chi connectivity index (χ1) is 10.1. The third-order valence-electron chi connectivity index (χ3n) is 2.58. The molecule has 0 saturated carbocycles. The van der Waals surface area contributed by atoms with E-state index >= 15 is 0 Å². The first kappa shape index (κ1) is 14.8. The average Bonchev–Trinajstić information content (AvgIpc) is 2.49. The summed E-state index contributed by atoms with van der Waals surface area (Å²) < 4.78 is 32.2. The van der Waals surface area contributed by atoms with E-state index in [9.17, 15) is 8.42 Å². The summed E-state index contributed by atoms with van der Waals surface area (Å²) in [7, 11) is -3.86. The molecule has 108 valence electrons. The predicted octanol–water partition coefficient (Wildman–Crippen LogP) is 2.15. The van der Waals surface area contributed by atoms with Gasteiger partial charge in [0.15, 0.2) is 5.69 Å². The van der Waals surface area contributed by atoms with Crippen LogP contribution in [0.4, 0.5) is 5.69 Å². The van der Waals surface area contributed by atoms with E-state index in [2.05, 4.69) is 9.71 Å². The molecule has 0 aliphatic carbocycles. The van der Waals surface area contributed by atoms with Crippen molar-refractivity contribution in [3.8, 4) is 11.8 Å². The minimum absolute atomic E-state index is 0.143. The average molecular weight is 303 g/mol. The molecule has 1 aromatic carbocycles. The van der Waals surface area contributed by atoms with Gasteiger partial charge in [0.1, 0.15) is 16.7 Å². The Morgan fingerprint density at radius 3 is 2.62 bits per heavy atom. The zero-order chi connectivity index (χ0) is 15.3. The molecule has 1 N–H and O–H groups in total. The third-order valence-corrected chi connectivity index (χ3v) is 4.00. The fraction of sp³-hybridized carbons (Fsp3) is 0.143. The molecule has 2 aromatic rings. The standard InChI is InChI=1S/C14H13N3O3S/c1-2-20-12-7-5-11(6-8-12)17-21(18,19)14-4-3-9-16-13(14)10-15/h3-9,17H,2H2,1H3. The minimum atomic E-state index is -3.86. The van der Waals surface area contributed by atoms with Crippen LogP contribution in [-0.4, -0.2) is 20.0 Å². The Bertz CT molecular complexity index is 765. The van der Waals surface area contributed by atoms with Crippen molar-refractivity contribution < 1.29 is 13.2 Å². The molecular formula is C14H13N3O3S. The molecule has 1 aromatic heterocycles. The smallest absolute Gasteiger partial charge is 0.264 e. The second-order valence-corrected chi connectivity index (χ2v) is 5.68. The number of hydrogen-bond donors (Lipinski definition) is 1. The monoisotopic (exact) mass is 303 g/mol. The number of rotatable bonds is 5. The Kier molecular flexibility index (Phi) is 4.40. The van der Waals surface area contributed by atoms with E-state index in [1.165, 1.54) is 18.3 Å². The largest absolute Gasteiger partial charge is 0.494 e. The van der Waals surface area contributed by atoms with Crippen LogP contribution in [0, 0.1) is 11.3 Å². The summed E-state index contributed by atoms with van der Waals surface area (Å²) in [6.07, 6.45) is 1.37. The van der Waals surface area contributed by atoms with Gasteiger partial charge in [-0.1, -0.05) is 0 Å². The van der Waals surface area contributed by atoms with E-state index in [0.29, 0.717) is 18.0 Å². The van der Waals surface area contributed by atoms with Crippen LogP contribution in [0.25, 0.3) is 0 Å². The summed E-state index contributed by atoms with van der Waals surface area (Å²) in [4.78, 5) is 3.59. The van der Waals surface area contributed by atoms with Gasteiger partial charge in [0.05, 0.1) is 6.61 Å². The van der Waals surface area contributed by atoms with Gasteiger partial charge in [0, 0.05) is 11.9 Å². The van der Waals surface area contributed by atoms with E-state index in [1.54, 1.807) is 30.3 Å². The van der Waals surface area contributed by atoms with E-state index in [-0.39, 0.29) is 10.6 Å². The van der Waals surface area contributed by atoms with E-state index in [4.69, 9.17) is 10.00 Å². The highest BCUT2D eigenvalue weighted by Gasteiger charge is 2.19. The van der Waals surface area contributed by atoms with Gasteiger partial charge in [-0.05, 0) is 43.3 Å². The zero-order valence-corrected chi connectivity index (χ0v) is 12.1. The topological polar surface area (TPSA) is 92.1 Å². The van der Waals surface area contributed by atoms with Crippen molar-refractivity contribution in [2.24, 2.45) is 0 Å². The number of pyridine rings is 1. The van der Waals surface area contributed by atoms with Crippen molar-refractivity contribution in [3.05, 3.63) is 48.3 Å². The Labute approximate surface area is 123 Å². The molecule has 7 heteroatoms. The summed E-state index contributed by atoms with van der Waals surface area (Å²) in [5.74, 6) is 0.652. The van der Waals surface area contributed by atoms with Crippen LogP contribution in [-0.2, 0) is 10.0 Å². The van der Waals surface area contributed by atoms with Crippen molar-refractivity contribution in [1.29, 1.82) is 5.26 Å². The zero-order valence-electron chi connectivity index (χ0n) is 11.3. The molecule has 0 spiro atoms. The number of aromatic nitrogens is 1. The lowest BCUT2D eigenvalue weighted by molar-refractivity contribution is 0.340. The molecule has 0 unspecified atom stereocenters. The highest BCUT2D eigenvalue weighted by molar-refractivity contribution is 7.92. The van der Waals surface area contributed by atoms with Crippen LogP contribution in [0.15, 0.2) is 47.5 Å². The molecule has 6 nitrogen and oxygen atoms in total. The van der Waals surface area contributed by atoms with Crippen molar-refractivity contribution in [3.63, 3.8) is 0 Å². The molecule has 0 amide bonds. The van der Waals surface area contributed by atoms with Crippen LogP contribution in [0.2, 0.25) is 0 Å². The SMILES string of the molecule is CCOc1ccc(NS(=O)(=O)c2cccnc2C#N)cc1. The number of hydrogen-bond acceptors (Lipinski definition) is 5. The van der Waals surface area contributed by atoms with Gasteiger partial charge in [0.25, 0.3) is 10.0 Å². The molecule has 0 saturated heterocycles. The Balaban J connectivity index is 2.27. The lowest BCUT2D eigenvalue weighted by Crippen LogP contribution is -2.15. The number of ether oxygens (including phenoxy) is 1. The van der Waals surface area contributed by atoms with Crippen molar-refractivity contribution in [2.75, 3.05) is 11.3 Å². The maximum Gasteiger partial charge on any atom is 0.264 e. The highest BCUT2D eigenvalue weighted by Crippen LogP contribution is 2.20. The molecule has 0 aliphatic rings. The summed E-state index contributed by atoms with van der Waals surface area (Å²) in [5, 5.41) is 8.92. The Morgan fingerprint density at radius 1 is 1.29 bits per heavy atom. The quantitative estimate of drug-likeness (QED) is 0.913. The predicted molar refractivity (Wildman–Crippen MR) is 77.4 cm³/mol. The summed E-state index contributed by atoms with van der Waals surface area (Å²) >= 11 is 0. The first-order valence-corrected chi connectivity index (χ1v) is 7.66. The van der Waals surface area contributed by atoms with Gasteiger partial charge in [0.2, 0.25) is 0 Å². The lowest BCUT2D eigenvalue weighted by atomic mass is 10.3. The minimum Gasteiger partial charge on any atom is -0.494 e. The molecule has 0 bridgehead atoms. The summed E-state index contributed by atoms with van der Waals surface area (Å²) in [6, 6.07) is 11.1. The molecule has 2 rings (SSSR count). The normalized spacial score (nSPS) is 10.7. The van der Waals surface area contributed by atoms with Crippen LogP contribution < -0.4 is 9.46 Å². The molecule has 1 heterocycles.